The average Bonchev–Trinajstić information content (AvgIpc) is 3.24. The van der Waals surface area contributed by atoms with Crippen LogP contribution in [-0.2, 0) is 0 Å². The van der Waals surface area contributed by atoms with Crippen molar-refractivity contribution in [2.24, 2.45) is 0 Å². The molecule has 0 saturated heterocycles. The summed E-state index contributed by atoms with van der Waals surface area (Å²) in [6.07, 6.45) is 0. The largest absolute Gasteiger partial charge is 0.375 e. The normalized spacial score (nSPS) is 12.4. The van der Waals surface area contributed by atoms with Gasteiger partial charge in [0.2, 0.25) is 0 Å². The number of anilines is 1. The highest BCUT2D eigenvalue weighted by molar-refractivity contribution is 7.18. The number of thiophene rings is 2. The molecular weight excluding hydrogens is 338 g/mol. The molecule has 0 fully saturated rings. The van der Waals surface area contributed by atoms with Gasteiger partial charge in [0.05, 0.1) is 11.4 Å². The zero-order chi connectivity index (χ0) is 16.5. The molecule has 0 saturated carbocycles. The number of para-hydroxylation sites is 1. The van der Waals surface area contributed by atoms with Crippen molar-refractivity contribution in [1.82, 2.24) is 9.97 Å². The summed E-state index contributed by atoms with van der Waals surface area (Å²) in [5.41, 5.74) is 1.88. The van der Waals surface area contributed by atoms with E-state index in [1.165, 1.54) is 11.3 Å². The second-order valence-electron chi connectivity index (χ2n) is 5.49. The lowest BCUT2D eigenvalue weighted by molar-refractivity contribution is 0.793. The first-order chi connectivity index (χ1) is 11.7. The molecule has 0 unspecified atom stereocenters. The molecule has 1 aromatic carbocycles. The van der Waals surface area contributed by atoms with E-state index in [4.69, 9.17) is 0 Å². The Bertz CT molecular complexity index is 1020. The minimum absolute atomic E-state index is 0.0821. The molecule has 4 rings (SSSR count). The Morgan fingerprint density at radius 2 is 1.96 bits per heavy atom. The summed E-state index contributed by atoms with van der Waals surface area (Å²) in [5, 5.41) is 8.06. The van der Waals surface area contributed by atoms with E-state index in [0.717, 1.165) is 21.0 Å². The Morgan fingerprint density at radius 3 is 2.71 bits per heavy atom. The van der Waals surface area contributed by atoms with Crippen LogP contribution in [0.4, 0.5) is 5.69 Å². The van der Waals surface area contributed by atoms with Crippen LogP contribution in [-0.4, -0.2) is 9.97 Å². The molecule has 6 heteroatoms. The Balaban J connectivity index is 1.72. The van der Waals surface area contributed by atoms with E-state index < -0.39 is 0 Å². The van der Waals surface area contributed by atoms with E-state index in [0.29, 0.717) is 11.2 Å². The Kier molecular flexibility index (Phi) is 3.92. The van der Waals surface area contributed by atoms with Gasteiger partial charge in [0.1, 0.15) is 10.7 Å². The third-order valence-electron chi connectivity index (χ3n) is 3.82. The number of hydrogen-bond donors (Lipinski definition) is 2. The van der Waals surface area contributed by atoms with Crippen molar-refractivity contribution in [3.05, 3.63) is 69.4 Å². The number of nitrogens with one attached hydrogen (secondary N) is 2. The third kappa shape index (κ3) is 2.74. The van der Waals surface area contributed by atoms with Gasteiger partial charge in [-0.1, -0.05) is 24.3 Å². The van der Waals surface area contributed by atoms with E-state index in [9.17, 15) is 4.79 Å². The minimum Gasteiger partial charge on any atom is -0.375 e. The third-order valence-corrected chi connectivity index (χ3v) is 5.59. The van der Waals surface area contributed by atoms with E-state index in [1.54, 1.807) is 11.3 Å². The highest BCUT2D eigenvalue weighted by Gasteiger charge is 2.16. The molecule has 0 aliphatic heterocycles. The number of nitrogens with zero attached hydrogens (tertiary/aromatic N) is 1. The molecule has 4 aromatic rings. The predicted octanol–water partition coefficient (Wildman–Crippen LogP) is 4.89. The highest BCUT2D eigenvalue weighted by atomic mass is 32.1. The summed E-state index contributed by atoms with van der Waals surface area (Å²) >= 11 is 3.14. The van der Waals surface area contributed by atoms with E-state index in [-0.39, 0.29) is 11.6 Å². The first-order valence-corrected chi connectivity index (χ1v) is 9.35. The smallest absolute Gasteiger partial charge is 0.260 e. The number of aromatic nitrogens is 2. The van der Waals surface area contributed by atoms with Crippen LogP contribution in [0, 0.1) is 0 Å². The zero-order valence-corrected chi connectivity index (χ0v) is 14.6. The van der Waals surface area contributed by atoms with Gasteiger partial charge in [-0.2, -0.15) is 0 Å². The molecule has 24 heavy (non-hydrogen) atoms. The Morgan fingerprint density at radius 1 is 1.12 bits per heavy atom. The van der Waals surface area contributed by atoms with E-state index in [1.807, 2.05) is 60.1 Å². The van der Waals surface area contributed by atoms with Gasteiger partial charge in [-0.15, -0.1) is 22.7 Å². The van der Waals surface area contributed by atoms with Crippen molar-refractivity contribution in [2.45, 2.75) is 13.0 Å². The van der Waals surface area contributed by atoms with Gasteiger partial charge in [0.25, 0.3) is 5.56 Å². The molecule has 2 N–H and O–H groups in total. The van der Waals surface area contributed by atoms with Gasteiger partial charge in [0.15, 0.2) is 0 Å². The first-order valence-electron chi connectivity index (χ1n) is 7.59. The summed E-state index contributed by atoms with van der Waals surface area (Å²) in [5.74, 6) is 0.649. The maximum Gasteiger partial charge on any atom is 0.260 e. The van der Waals surface area contributed by atoms with E-state index in [2.05, 4.69) is 15.3 Å². The number of hydrogen-bond acceptors (Lipinski definition) is 5. The lowest BCUT2D eigenvalue weighted by atomic mass is 10.2. The molecule has 1 atom stereocenters. The number of H-pyrrole nitrogens is 1. The standard InChI is InChI=1S/C18H15N3OS2/c1-11(19-12-6-3-2-4-7-12)16-20-17(22)15-13(10-24-18(15)21-16)14-8-5-9-23-14/h2-11,19H,1H3,(H,20,21,22)/t11-/m1/s1. The van der Waals surface area contributed by atoms with Crippen LogP contribution in [0.3, 0.4) is 0 Å². The summed E-state index contributed by atoms with van der Waals surface area (Å²) in [6, 6.07) is 13.8. The quantitative estimate of drug-likeness (QED) is 0.549. The van der Waals surface area contributed by atoms with Crippen LogP contribution in [0.1, 0.15) is 18.8 Å². The second kappa shape index (κ2) is 6.22. The number of fused-ring (bicyclic) bond motifs is 1. The predicted molar refractivity (Wildman–Crippen MR) is 102 cm³/mol. The van der Waals surface area contributed by atoms with Crippen LogP contribution in [0.25, 0.3) is 20.7 Å². The number of benzene rings is 1. The van der Waals surface area contributed by atoms with Crippen molar-refractivity contribution in [2.75, 3.05) is 5.32 Å². The summed E-state index contributed by atoms with van der Waals surface area (Å²) in [7, 11) is 0. The summed E-state index contributed by atoms with van der Waals surface area (Å²) in [4.78, 5) is 22.1. The van der Waals surface area contributed by atoms with Crippen molar-refractivity contribution in [1.29, 1.82) is 0 Å². The highest BCUT2D eigenvalue weighted by Crippen LogP contribution is 2.33. The lowest BCUT2D eigenvalue weighted by Crippen LogP contribution is -2.17. The number of rotatable bonds is 4. The maximum atomic E-state index is 12.6. The minimum atomic E-state index is -0.0863. The van der Waals surface area contributed by atoms with Crippen molar-refractivity contribution in [3.8, 4) is 10.4 Å². The van der Waals surface area contributed by atoms with Gasteiger partial charge in [-0.3, -0.25) is 4.79 Å². The van der Waals surface area contributed by atoms with E-state index >= 15 is 0 Å². The second-order valence-corrected chi connectivity index (χ2v) is 7.30. The van der Waals surface area contributed by atoms with Gasteiger partial charge in [-0.25, -0.2) is 4.98 Å². The topological polar surface area (TPSA) is 57.8 Å². The zero-order valence-electron chi connectivity index (χ0n) is 12.9. The molecule has 120 valence electrons. The fourth-order valence-corrected chi connectivity index (χ4v) is 4.41. The van der Waals surface area contributed by atoms with Gasteiger partial charge < -0.3 is 10.3 Å². The van der Waals surface area contributed by atoms with Crippen LogP contribution >= 0.6 is 22.7 Å². The van der Waals surface area contributed by atoms with Crippen molar-refractivity contribution >= 4 is 38.6 Å². The van der Waals surface area contributed by atoms with Crippen molar-refractivity contribution < 1.29 is 0 Å². The van der Waals surface area contributed by atoms with Crippen LogP contribution in [0.15, 0.2) is 58.0 Å². The molecule has 0 amide bonds. The van der Waals surface area contributed by atoms with Crippen LogP contribution in [0.2, 0.25) is 0 Å². The van der Waals surface area contributed by atoms with Crippen molar-refractivity contribution in [3.63, 3.8) is 0 Å². The molecule has 3 heterocycles. The molecule has 0 spiro atoms. The fourth-order valence-electron chi connectivity index (χ4n) is 2.64. The SMILES string of the molecule is C[C@@H](Nc1ccccc1)c1nc2scc(-c3cccs3)c2c(=O)[nH]1. The molecule has 0 aliphatic carbocycles. The molecule has 3 aromatic heterocycles. The molecule has 0 radical (unpaired) electrons. The summed E-state index contributed by atoms with van der Waals surface area (Å²) in [6.45, 7) is 1.99. The summed E-state index contributed by atoms with van der Waals surface area (Å²) < 4.78 is 0. The monoisotopic (exact) mass is 353 g/mol. The molecule has 0 bridgehead atoms. The van der Waals surface area contributed by atoms with Crippen LogP contribution < -0.4 is 10.9 Å². The molecular formula is C18H15N3OS2. The molecule has 0 aliphatic rings. The van der Waals surface area contributed by atoms with Gasteiger partial charge in [0, 0.05) is 21.5 Å². The first kappa shape index (κ1) is 15.1. The average molecular weight is 353 g/mol. The van der Waals surface area contributed by atoms with Gasteiger partial charge >= 0.3 is 0 Å². The Hall–Kier alpha value is -2.44. The lowest BCUT2D eigenvalue weighted by Gasteiger charge is -2.14. The molecule has 4 nitrogen and oxygen atoms in total. The maximum absolute atomic E-state index is 12.6. The van der Waals surface area contributed by atoms with Gasteiger partial charge in [-0.05, 0) is 30.5 Å². The Labute approximate surface area is 146 Å². The fraction of sp³-hybridized carbons (Fsp3) is 0.111. The number of aromatic amines is 1. The van der Waals surface area contributed by atoms with Crippen LogP contribution in [0.5, 0.6) is 0 Å².